The molecule has 3 N–H and O–H groups in total. The van der Waals surface area contributed by atoms with Gasteiger partial charge in [-0.1, -0.05) is 6.92 Å². The number of hydrogen-bond donors (Lipinski definition) is 2. The largest absolute Gasteiger partial charge is 0.399 e. The highest BCUT2D eigenvalue weighted by Crippen LogP contribution is 2.17. The monoisotopic (exact) mass is 278 g/mol. The molecule has 1 aromatic carbocycles. The topological polar surface area (TPSA) is 72.2 Å². The minimum absolute atomic E-state index is 0.126. The van der Waals surface area contributed by atoms with Crippen LogP contribution in [0.25, 0.3) is 0 Å². The maximum atomic E-state index is 13.4. The molecule has 0 fully saturated rings. The summed E-state index contributed by atoms with van der Waals surface area (Å²) in [5.41, 5.74) is 5.55. The molecule has 1 atom stereocenters. The van der Waals surface area contributed by atoms with Gasteiger partial charge < -0.3 is 5.73 Å². The molecule has 0 aliphatic carbocycles. The number of sulfonamides is 1. The van der Waals surface area contributed by atoms with E-state index < -0.39 is 15.8 Å². The summed E-state index contributed by atoms with van der Waals surface area (Å²) in [4.78, 5) is -0.375. The van der Waals surface area contributed by atoms with Gasteiger partial charge in [0.25, 0.3) is 0 Å². The first-order valence-electron chi connectivity index (χ1n) is 4.94. The van der Waals surface area contributed by atoms with E-state index in [-0.39, 0.29) is 22.4 Å². The first-order chi connectivity index (χ1) is 7.86. The van der Waals surface area contributed by atoms with Crippen molar-refractivity contribution in [3.05, 3.63) is 24.0 Å². The van der Waals surface area contributed by atoms with Gasteiger partial charge in [-0.2, -0.15) is 11.8 Å². The number of benzene rings is 1. The molecule has 0 bridgehead atoms. The average Bonchev–Trinajstić information content (AvgIpc) is 2.25. The van der Waals surface area contributed by atoms with E-state index in [4.69, 9.17) is 5.73 Å². The number of nitrogens with one attached hydrogen (secondary N) is 1. The van der Waals surface area contributed by atoms with Gasteiger partial charge in [-0.05, 0) is 24.5 Å². The molecule has 0 saturated heterocycles. The SMILES string of the molecule is CSC(C)CNS(=O)(=O)c1ccc(N)cc1F. The highest BCUT2D eigenvalue weighted by molar-refractivity contribution is 7.99. The van der Waals surface area contributed by atoms with E-state index in [1.165, 1.54) is 17.8 Å². The number of nitrogen functional groups attached to an aromatic ring is 1. The van der Waals surface area contributed by atoms with Gasteiger partial charge in [0.15, 0.2) is 0 Å². The van der Waals surface area contributed by atoms with E-state index in [1.807, 2.05) is 13.2 Å². The fourth-order valence-electron chi connectivity index (χ4n) is 1.12. The van der Waals surface area contributed by atoms with Crippen molar-refractivity contribution in [2.24, 2.45) is 0 Å². The summed E-state index contributed by atoms with van der Waals surface area (Å²) in [5.74, 6) is -0.839. The van der Waals surface area contributed by atoms with Crippen molar-refractivity contribution in [3.8, 4) is 0 Å². The fraction of sp³-hybridized carbons (Fsp3) is 0.400. The van der Waals surface area contributed by atoms with Crippen LogP contribution in [-0.2, 0) is 10.0 Å². The first kappa shape index (κ1) is 14.3. The predicted molar refractivity (Wildman–Crippen MR) is 69.0 cm³/mol. The summed E-state index contributed by atoms with van der Waals surface area (Å²) in [5, 5.41) is 0.126. The van der Waals surface area contributed by atoms with E-state index >= 15 is 0 Å². The van der Waals surface area contributed by atoms with Gasteiger partial charge in [-0.3, -0.25) is 0 Å². The summed E-state index contributed by atoms with van der Waals surface area (Å²) >= 11 is 1.53. The fourth-order valence-corrected chi connectivity index (χ4v) is 2.67. The van der Waals surface area contributed by atoms with Crippen molar-refractivity contribution in [3.63, 3.8) is 0 Å². The van der Waals surface area contributed by atoms with Crippen molar-refractivity contribution in [1.82, 2.24) is 4.72 Å². The third-order valence-corrected chi connectivity index (χ3v) is 4.64. The number of hydrogen-bond acceptors (Lipinski definition) is 4. The molecule has 0 spiro atoms. The Morgan fingerprint density at radius 3 is 2.71 bits per heavy atom. The molecule has 17 heavy (non-hydrogen) atoms. The zero-order chi connectivity index (χ0) is 13.1. The minimum Gasteiger partial charge on any atom is -0.399 e. The average molecular weight is 278 g/mol. The normalized spacial score (nSPS) is 13.6. The van der Waals surface area contributed by atoms with Crippen molar-refractivity contribution < 1.29 is 12.8 Å². The summed E-state index contributed by atoms with van der Waals surface area (Å²) in [7, 11) is -3.81. The van der Waals surface area contributed by atoms with Gasteiger partial charge in [0.1, 0.15) is 10.7 Å². The molecule has 0 aromatic heterocycles. The molecule has 96 valence electrons. The lowest BCUT2D eigenvalue weighted by atomic mass is 10.3. The summed E-state index contributed by atoms with van der Waals surface area (Å²) in [6, 6.07) is 3.51. The quantitative estimate of drug-likeness (QED) is 0.799. The molecule has 4 nitrogen and oxygen atoms in total. The summed E-state index contributed by atoms with van der Waals surface area (Å²) in [6.07, 6.45) is 1.88. The van der Waals surface area contributed by atoms with Gasteiger partial charge in [0, 0.05) is 17.5 Å². The summed E-state index contributed by atoms with van der Waals surface area (Å²) in [6.45, 7) is 2.14. The lowest BCUT2D eigenvalue weighted by molar-refractivity contribution is 0.557. The molecule has 1 unspecified atom stereocenters. The van der Waals surface area contributed by atoms with E-state index in [2.05, 4.69) is 4.72 Å². The van der Waals surface area contributed by atoms with E-state index in [9.17, 15) is 12.8 Å². The molecule has 0 saturated carbocycles. The predicted octanol–water partition coefficient (Wildman–Crippen LogP) is 1.44. The Morgan fingerprint density at radius 2 is 2.18 bits per heavy atom. The molecule has 1 rings (SSSR count). The Morgan fingerprint density at radius 1 is 1.53 bits per heavy atom. The van der Waals surface area contributed by atoms with E-state index in [0.29, 0.717) is 0 Å². The van der Waals surface area contributed by atoms with Crippen molar-refractivity contribution >= 4 is 27.5 Å². The second kappa shape index (κ2) is 5.70. The van der Waals surface area contributed by atoms with Crippen molar-refractivity contribution in [1.29, 1.82) is 0 Å². The Balaban J connectivity index is 2.90. The van der Waals surface area contributed by atoms with Crippen molar-refractivity contribution in [2.45, 2.75) is 17.1 Å². The molecular formula is C10H15FN2O2S2. The van der Waals surface area contributed by atoms with E-state index in [0.717, 1.165) is 12.1 Å². The standard InChI is InChI=1S/C10H15FN2O2S2/c1-7(16-2)6-13-17(14,15)10-4-3-8(12)5-9(10)11/h3-5,7,13H,6,12H2,1-2H3. The lowest BCUT2D eigenvalue weighted by Crippen LogP contribution is -2.30. The third kappa shape index (κ3) is 3.86. The number of halogens is 1. The maximum Gasteiger partial charge on any atom is 0.243 e. The Kier molecular flexibility index (Phi) is 4.79. The van der Waals surface area contributed by atoms with Gasteiger partial charge in [0.05, 0.1) is 0 Å². The first-order valence-corrected chi connectivity index (χ1v) is 7.71. The number of thioether (sulfide) groups is 1. The third-order valence-electron chi connectivity index (χ3n) is 2.21. The van der Waals surface area contributed by atoms with Crippen LogP contribution in [0.4, 0.5) is 10.1 Å². The van der Waals surface area contributed by atoms with Gasteiger partial charge >= 0.3 is 0 Å². The minimum atomic E-state index is -3.81. The maximum absolute atomic E-state index is 13.4. The second-order valence-corrected chi connectivity index (χ2v) is 6.60. The van der Waals surface area contributed by atoms with Crippen LogP contribution in [0.2, 0.25) is 0 Å². The Hall–Kier alpha value is -0.790. The van der Waals surface area contributed by atoms with Gasteiger partial charge in [-0.25, -0.2) is 17.5 Å². The van der Waals surface area contributed by atoms with Crippen LogP contribution in [0.1, 0.15) is 6.92 Å². The summed E-state index contributed by atoms with van der Waals surface area (Å²) < 4.78 is 39.4. The molecule has 1 aromatic rings. The van der Waals surface area contributed by atoms with Crippen LogP contribution < -0.4 is 10.5 Å². The van der Waals surface area contributed by atoms with Crippen LogP contribution in [-0.4, -0.2) is 26.5 Å². The smallest absolute Gasteiger partial charge is 0.243 e. The molecule has 0 aliphatic heterocycles. The van der Waals surface area contributed by atoms with Crippen LogP contribution in [0, 0.1) is 5.82 Å². The van der Waals surface area contributed by atoms with Gasteiger partial charge in [-0.15, -0.1) is 0 Å². The van der Waals surface area contributed by atoms with Crippen LogP contribution in [0.5, 0.6) is 0 Å². The molecule has 7 heteroatoms. The number of anilines is 1. The molecule has 0 amide bonds. The van der Waals surface area contributed by atoms with Crippen LogP contribution >= 0.6 is 11.8 Å². The highest BCUT2D eigenvalue weighted by atomic mass is 32.2. The lowest BCUT2D eigenvalue weighted by Gasteiger charge is -2.11. The van der Waals surface area contributed by atoms with E-state index in [1.54, 1.807) is 0 Å². The molecular weight excluding hydrogens is 263 g/mol. The van der Waals surface area contributed by atoms with Gasteiger partial charge in [0.2, 0.25) is 10.0 Å². The molecule has 0 aliphatic rings. The second-order valence-electron chi connectivity index (χ2n) is 3.59. The zero-order valence-electron chi connectivity index (χ0n) is 9.60. The zero-order valence-corrected chi connectivity index (χ0v) is 11.2. The van der Waals surface area contributed by atoms with Crippen LogP contribution in [0.15, 0.2) is 23.1 Å². The Bertz CT molecular complexity index is 491. The molecule has 0 heterocycles. The molecule has 0 radical (unpaired) electrons. The van der Waals surface area contributed by atoms with Crippen molar-refractivity contribution in [2.75, 3.05) is 18.5 Å². The number of rotatable bonds is 5. The Labute approximate surface area is 105 Å². The highest BCUT2D eigenvalue weighted by Gasteiger charge is 2.19. The number of nitrogens with two attached hydrogens (primary N) is 1. The van der Waals surface area contributed by atoms with Crippen LogP contribution in [0.3, 0.4) is 0 Å².